The topological polar surface area (TPSA) is 32.7 Å². The first-order valence-corrected chi connectivity index (χ1v) is 8.84. The van der Waals surface area contributed by atoms with Crippen LogP contribution in [-0.2, 0) is 6.54 Å². The van der Waals surface area contributed by atoms with Gasteiger partial charge in [-0.3, -0.25) is 4.90 Å². The number of aliphatic hydroxyl groups excluding tert-OH is 1. The zero-order valence-corrected chi connectivity index (χ0v) is 13.9. The summed E-state index contributed by atoms with van der Waals surface area (Å²) in [4.78, 5) is 2.36. The van der Waals surface area contributed by atoms with E-state index in [4.69, 9.17) is 16.3 Å². The maximum atomic E-state index is 10.3. The van der Waals surface area contributed by atoms with Gasteiger partial charge in [-0.25, -0.2) is 0 Å². The number of nitrogens with zero attached hydrogens (tertiary/aromatic N) is 1. The highest BCUT2D eigenvalue weighted by Gasteiger charge is 2.30. The fourth-order valence-corrected chi connectivity index (χ4v) is 3.23. The second-order valence-corrected chi connectivity index (χ2v) is 6.93. The molecule has 0 saturated heterocycles. The van der Waals surface area contributed by atoms with Crippen molar-refractivity contribution in [2.45, 2.75) is 31.5 Å². The smallest absolute Gasteiger partial charge is 0.119 e. The molecule has 1 N–H and O–H groups in total. The van der Waals surface area contributed by atoms with E-state index in [0.717, 1.165) is 12.3 Å². The Morgan fingerprint density at radius 3 is 2.68 bits per heavy atom. The number of halogens is 1. The van der Waals surface area contributed by atoms with E-state index in [-0.39, 0.29) is 0 Å². The van der Waals surface area contributed by atoms with Crippen molar-refractivity contribution in [3.8, 4) is 5.75 Å². The quantitative estimate of drug-likeness (QED) is 0.795. The summed E-state index contributed by atoms with van der Waals surface area (Å²) < 4.78 is 5.63. The lowest BCUT2D eigenvalue weighted by Crippen LogP contribution is -2.36. The molecule has 22 heavy (non-hydrogen) atoms. The van der Waals surface area contributed by atoms with Gasteiger partial charge in [0.05, 0.1) is 0 Å². The van der Waals surface area contributed by atoms with E-state index in [0.29, 0.717) is 24.2 Å². The van der Waals surface area contributed by atoms with Gasteiger partial charge in [0.1, 0.15) is 18.5 Å². The molecule has 5 heteroatoms. The van der Waals surface area contributed by atoms with E-state index in [9.17, 15) is 5.11 Å². The van der Waals surface area contributed by atoms with Gasteiger partial charge in [0, 0.05) is 24.2 Å². The Labute approximate surface area is 140 Å². The Kier molecular flexibility index (Phi) is 5.37. The zero-order chi connectivity index (χ0) is 15.4. The minimum atomic E-state index is -0.491. The van der Waals surface area contributed by atoms with Gasteiger partial charge in [-0.2, -0.15) is 11.3 Å². The summed E-state index contributed by atoms with van der Waals surface area (Å²) in [5, 5.41) is 15.2. The van der Waals surface area contributed by atoms with Crippen molar-refractivity contribution < 1.29 is 9.84 Å². The van der Waals surface area contributed by atoms with Crippen LogP contribution in [0.1, 0.15) is 18.4 Å². The fraction of sp³-hybridized carbons (Fsp3) is 0.412. The molecule has 1 heterocycles. The zero-order valence-electron chi connectivity index (χ0n) is 12.3. The van der Waals surface area contributed by atoms with Crippen LogP contribution in [-0.4, -0.2) is 35.3 Å². The standard InChI is InChI=1S/C17H20ClNO2S/c18-14-1-5-17(6-2-14)21-11-16(20)10-19(15-3-4-15)9-13-7-8-22-12-13/h1-2,5-8,12,15-16,20H,3-4,9-11H2/t16-/m1/s1. The lowest BCUT2D eigenvalue weighted by atomic mass is 10.2. The van der Waals surface area contributed by atoms with E-state index >= 15 is 0 Å². The summed E-state index contributed by atoms with van der Waals surface area (Å²) in [5.74, 6) is 0.735. The van der Waals surface area contributed by atoms with Crippen molar-refractivity contribution in [2.24, 2.45) is 0 Å². The highest BCUT2D eigenvalue weighted by Crippen LogP contribution is 2.29. The van der Waals surface area contributed by atoms with E-state index < -0.39 is 6.10 Å². The second kappa shape index (κ2) is 7.47. The molecule has 0 amide bonds. The van der Waals surface area contributed by atoms with Crippen LogP contribution in [0.5, 0.6) is 5.75 Å². The average Bonchev–Trinajstić information content (AvgIpc) is 3.24. The molecule has 1 saturated carbocycles. The summed E-state index contributed by atoms with van der Waals surface area (Å²) in [6.07, 6.45) is 1.97. The summed E-state index contributed by atoms with van der Waals surface area (Å²) in [6, 6.07) is 9.98. The minimum Gasteiger partial charge on any atom is -0.491 e. The predicted octanol–water partition coefficient (Wildman–Crippen LogP) is 3.81. The van der Waals surface area contributed by atoms with Crippen molar-refractivity contribution in [2.75, 3.05) is 13.2 Å². The molecule has 1 aliphatic rings. The van der Waals surface area contributed by atoms with E-state index in [1.807, 2.05) is 12.1 Å². The molecular weight excluding hydrogens is 318 g/mol. The summed E-state index contributed by atoms with van der Waals surface area (Å²) >= 11 is 7.56. The molecule has 118 valence electrons. The predicted molar refractivity (Wildman–Crippen MR) is 90.7 cm³/mol. The molecule has 3 nitrogen and oxygen atoms in total. The van der Waals surface area contributed by atoms with E-state index in [1.54, 1.807) is 23.5 Å². The Morgan fingerprint density at radius 2 is 2.05 bits per heavy atom. The first-order chi connectivity index (χ1) is 10.7. The monoisotopic (exact) mass is 337 g/mol. The van der Waals surface area contributed by atoms with Gasteiger partial charge in [-0.15, -0.1) is 0 Å². The highest BCUT2D eigenvalue weighted by atomic mass is 35.5. The Hall–Kier alpha value is -1.07. The van der Waals surface area contributed by atoms with E-state index in [2.05, 4.69) is 21.7 Å². The molecule has 2 aromatic rings. The maximum absolute atomic E-state index is 10.3. The van der Waals surface area contributed by atoms with Gasteiger partial charge in [-0.1, -0.05) is 11.6 Å². The first kappa shape index (κ1) is 15.8. The number of rotatable bonds is 8. The van der Waals surface area contributed by atoms with Gasteiger partial charge in [0.2, 0.25) is 0 Å². The molecule has 0 radical (unpaired) electrons. The molecule has 0 bridgehead atoms. The molecule has 1 atom stereocenters. The number of thiophene rings is 1. The SMILES string of the molecule is O[C@@H](COc1ccc(Cl)cc1)CN(Cc1ccsc1)C1CC1. The summed E-state index contributed by atoms with van der Waals surface area (Å²) in [5.41, 5.74) is 1.32. The lowest BCUT2D eigenvalue weighted by molar-refractivity contribution is 0.0627. The summed E-state index contributed by atoms with van der Waals surface area (Å²) in [7, 11) is 0. The van der Waals surface area contributed by atoms with Gasteiger partial charge in [0.15, 0.2) is 0 Å². The number of hydrogen-bond acceptors (Lipinski definition) is 4. The molecule has 0 aliphatic heterocycles. The van der Waals surface area contributed by atoms with Crippen molar-refractivity contribution in [3.63, 3.8) is 0 Å². The lowest BCUT2D eigenvalue weighted by Gasteiger charge is -2.24. The first-order valence-electron chi connectivity index (χ1n) is 7.52. The molecule has 1 aromatic heterocycles. The molecular formula is C17H20ClNO2S. The molecule has 0 spiro atoms. The summed E-state index contributed by atoms with van der Waals surface area (Å²) in [6.45, 7) is 1.86. The van der Waals surface area contributed by atoms with Crippen LogP contribution in [0, 0.1) is 0 Å². The maximum Gasteiger partial charge on any atom is 0.119 e. The Morgan fingerprint density at radius 1 is 1.27 bits per heavy atom. The van der Waals surface area contributed by atoms with E-state index in [1.165, 1.54) is 18.4 Å². The van der Waals surface area contributed by atoms with Gasteiger partial charge < -0.3 is 9.84 Å². The minimum absolute atomic E-state index is 0.300. The van der Waals surface area contributed by atoms with Crippen molar-refractivity contribution >= 4 is 22.9 Å². The molecule has 0 unspecified atom stereocenters. The third-order valence-electron chi connectivity index (χ3n) is 3.73. The number of aliphatic hydroxyl groups is 1. The normalized spacial score (nSPS) is 16.0. The third-order valence-corrected chi connectivity index (χ3v) is 4.71. The van der Waals surface area contributed by atoms with Crippen LogP contribution in [0.25, 0.3) is 0 Å². The average molecular weight is 338 g/mol. The van der Waals surface area contributed by atoms with Gasteiger partial charge >= 0.3 is 0 Å². The van der Waals surface area contributed by atoms with Crippen LogP contribution < -0.4 is 4.74 Å². The highest BCUT2D eigenvalue weighted by molar-refractivity contribution is 7.07. The number of hydrogen-bond donors (Lipinski definition) is 1. The number of ether oxygens (including phenoxy) is 1. The second-order valence-electron chi connectivity index (χ2n) is 5.71. The Bertz CT molecular complexity index is 569. The Balaban J connectivity index is 1.48. The molecule has 1 fully saturated rings. The van der Waals surface area contributed by atoms with Crippen molar-refractivity contribution in [3.05, 3.63) is 51.7 Å². The third kappa shape index (κ3) is 4.71. The van der Waals surface area contributed by atoms with Crippen molar-refractivity contribution in [1.82, 2.24) is 4.90 Å². The van der Waals surface area contributed by atoms with Crippen LogP contribution in [0.4, 0.5) is 0 Å². The largest absolute Gasteiger partial charge is 0.491 e. The van der Waals surface area contributed by atoms with Gasteiger partial charge in [0.25, 0.3) is 0 Å². The fourth-order valence-electron chi connectivity index (χ4n) is 2.45. The molecule has 1 aromatic carbocycles. The van der Waals surface area contributed by atoms with Crippen molar-refractivity contribution in [1.29, 1.82) is 0 Å². The molecule has 1 aliphatic carbocycles. The van der Waals surface area contributed by atoms with Crippen LogP contribution in [0.2, 0.25) is 5.02 Å². The van der Waals surface area contributed by atoms with Crippen LogP contribution in [0.3, 0.4) is 0 Å². The van der Waals surface area contributed by atoms with Gasteiger partial charge in [-0.05, 0) is 59.5 Å². The van der Waals surface area contributed by atoms with Crippen LogP contribution >= 0.6 is 22.9 Å². The molecule has 3 rings (SSSR count). The van der Waals surface area contributed by atoms with Crippen LogP contribution in [0.15, 0.2) is 41.1 Å². The number of benzene rings is 1.